The third-order valence-corrected chi connectivity index (χ3v) is 2.43. The normalized spacial score (nSPS) is 9.72. The molecule has 0 aliphatic heterocycles. The molecule has 0 aromatic heterocycles. The lowest BCUT2D eigenvalue weighted by Crippen LogP contribution is -2.36. The second kappa shape index (κ2) is 5.90. The van der Waals surface area contributed by atoms with E-state index in [0.29, 0.717) is 11.3 Å². The molecule has 2 amide bonds. The van der Waals surface area contributed by atoms with Crippen molar-refractivity contribution in [1.29, 1.82) is 0 Å². The Hall–Kier alpha value is -2.24. The molecule has 0 fully saturated rings. The van der Waals surface area contributed by atoms with Crippen LogP contribution in [0.2, 0.25) is 0 Å². The molecule has 1 rings (SSSR count). The molecule has 0 spiro atoms. The van der Waals surface area contributed by atoms with E-state index in [9.17, 15) is 14.7 Å². The van der Waals surface area contributed by atoms with Crippen molar-refractivity contribution < 1.29 is 19.4 Å². The zero-order valence-corrected chi connectivity index (χ0v) is 10.6. The SMILES string of the molecule is CNC(=O)CN(C)C(=O)c1ccc(OC)c(O)c1. The van der Waals surface area contributed by atoms with Gasteiger partial charge in [0.1, 0.15) is 0 Å². The zero-order chi connectivity index (χ0) is 13.7. The Bertz CT molecular complexity index is 459. The maximum absolute atomic E-state index is 11.9. The first-order valence-corrected chi connectivity index (χ1v) is 5.32. The molecule has 2 N–H and O–H groups in total. The second-order valence-electron chi connectivity index (χ2n) is 3.72. The lowest BCUT2D eigenvalue weighted by Gasteiger charge is -2.16. The maximum atomic E-state index is 11.9. The number of nitrogens with zero attached hydrogens (tertiary/aromatic N) is 1. The van der Waals surface area contributed by atoms with Crippen molar-refractivity contribution in [3.8, 4) is 11.5 Å². The fraction of sp³-hybridized carbons (Fsp3) is 0.333. The minimum Gasteiger partial charge on any atom is -0.504 e. The minimum atomic E-state index is -0.350. The van der Waals surface area contributed by atoms with Crippen LogP contribution < -0.4 is 10.1 Å². The molecule has 18 heavy (non-hydrogen) atoms. The van der Waals surface area contributed by atoms with Gasteiger partial charge in [-0.3, -0.25) is 9.59 Å². The molecule has 0 atom stereocenters. The van der Waals surface area contributed by atoms with Crippen LogP contribution in [0.1, 0.15) is 10.4 Å². The average molecular weight is 252 g/mol. The van der Waals surface area contributed by atoms with E-state index in [0.717, 1.165) is 0 Å². The highest BCUT2D eigenvalue weighted by Crippen LogP contribution is 2.26. The molecule has 0 heterocycles. The van der Waals surface area contributed by atoms with E-state index in [2.05, 4.69) is 5.32 Å². The van der Waals surface area contributed by atoms with Crippen molar-refractivity contribution in [3.05, 3.63) is 23.8 Å². The number of aromatic hydroxyl groups is 1. The highest BCUT2D eigenvalue weighted by Gasteiger charge is 2.15. The van der Waals surface area contributed by atoms with Crippen LogP contribution in [-0.4, -0.2) is 49.6 Å². The van der Waals surface area contributed by atoms with Crippen LogP contribution in [0.4, 0.5) is 0 Å². The van der Waals surface area contributed by atoms with Gasteiger partial charge in [0.05, 0.1) is 13.7 Å². The Kier molecular flexibility index (Phi) is 4.53. The van der Waals surface area contributed by atoms with E-state index in [-0.39, 0.29) is 24.1 Å². The minimum absolute atomic E-state index is 0.0396. The number of phenolic OH excluding ortho intramolecular Hbond substituents is 1. The number of nitrogens with one attached hydrogen (secondary N) is 1. The first-order valence-electron chi connectivity index (χ1n) is 5.32. The van der Waals surface area contributed by atoms with Gasteiger partial charge in [-0.05, 0) is 18.2 Å². The number of amides is 2. The van der Waals surface area contributed by atoms with Gasteiger partial charge in [0.25, 0.3) is 5.91 Å². The summed E-state index contributed by atoms with van der Waals surface area (Å²) in [7, 11) is 4.44. The van der Waals surface area contributed by atoms with Crippen molar-refractivity contribution in [2.24, 2.45) is 0 Å². The van der Waals surface area contributed by atoms with Crippen molar-refractivity contribution in [2.45, 2.75) is 0 Å². The number of methoxy groups -OCH3 is 1. The number of ether oxygens (including phenoxy) is 1. The molecule has 6 heteroatoms. The molecule has 0 aliphatic rings. The molecule has 98 valence electrons. The molecule has 0 saturated carbocycles. The van der Waals surface area contributed by atoms with Gasteiger partial charge in [-0.1, -0.05) is 0 Å². The number of hydrogen-bond donors (Lipinski definition) is 2. The van der Waals surface area contributed by atoms with E-state index in [1.165, 1.54) is 44.3 Å². The Morgan fingerprint density at radius 1 is 1.44 bits per heavy atom. The molecule has 0 unspecified atom stereocenters. The summed E-state index contributed by atoms with van der Waals surface area (Å²) in [5, 5.41) is 12.0. The molecule has 0 bridgehead atoms. The third kappa shape index (κ3) is 3.13. The van der Waals surface area contributed by atoms with Crippen molar-refractivity contribution in [2.75, 3.05) is 27.7 Å². The predicted octanol–water partition coefficient (Wildman–Crippen LogP) is 0.219. The van der Waals surface area contributed by atoms with Gasteiger partial charge in [-0.15, -0.1) is 0 Å². The lowest BCUT2D eigenvalue weighted by molar-refractivity contribution is -0.121. The largest absolute Gasteiger partial charge is 0.504 e. The van der Waals surface area contributed by atoms with Crippen LogP contribution in [0.5, 0.6) is 11.5 Å². The number of rotatable bonds is 4. The summed E-state index contributed by atoms with van der Waals surface area (Å²) in [6.45, 7) is -0.0396. The van der Waals surface area contributed by atoms with Crippen molar-refractivity contribution in [3.63, 3.8) is 0 Å². The monoisotopic (exact) mass is 252 g/mol. The number of hydrogen-bond acceptors (Lipinski definition) is 4. The first kappa shape index (κ1) is 13.8. The van der Waals surface area contributed by atoms with Crippen molar-refractivity contribution in [1.82, 2.24) is 10.2 Å². The van der Waals surface area contributed by atoms with Gasteiger partial charge in [0.15, 0.2) is 11.5 Å². The molecule has 1 aromatic carbocycles. The molecular formula is C12H16N2O4. The fourth-order valence-electron chi connectivity index (χ4n) is 1.41. The number of benzene rings is 1. The Labute approximate surface area is 105 Å². The number of phenols is 1. The molecule has 0 aliphatic carbocycles. The van der Waals surface area contributed by atoms with Gasteiger partial charge in [-0.25, -0.2) is 0 Å². The van der Waals surface area contributed by atoms with E-state index in [1.54, 1.807) is 0 Å². The molecule has 1 aromatic rings. The van der Waals surface area contributed by atoms with Gasteiger partial charge < -0.3 is 20.1 Å². The van der Waals surface area contributed by atoms with Gasteiger partial charge in [0, 0.05) is 19.7 Å². The summed E-state index contributed by atoms with van der Waals surface area (Å²) in [5.41, 5.74) is 0.291. The summed E-state index contributed by atoms with van der Waals surface area (Å²) in [6, 6.07) is 4.33. The Morgan fingerprint density at radius 3 is 2.61 bits per heavy atom. The third-order valence-electron chi connectivity index (χ3n) is 2.43. The fourth-order valence-corrected chi connectivity index (χ4v) is 1.41. The summed E-state index contributed by atoms with van der Waals surface area (Å²) in [4.78, 5) is 24.4. The summed E-state index contributed by atoms with van der Waals surface area (Å²) in [5.74, 6) is -0.433. The zero-order valence-electron chi connectivity index (χ0n) is 10.6. The molecular weight excluding hydrogens is 236 g/mol. The standard InChI is InChI=1S/C12H16N2O4/c1-13-11(16)7-14(2)12(17)8-4-5-10(18-3)9(15)6-8/h4-6,15H,7H2,1-3H3,(H,13,16). The summed E-state index contributed by atoms with van der Waals surface area (Å²) >= 11 is 0. The predicted molar refractivity (Wildman–Crippen MR) is 65.7 cm³/mol. The maximum Gasteiger partial charge on any atom is 0.254 e. The highest BCUT2D eigenvalue weighted by molar-refractivity contribution is 5.96. The van der Waals surface area contributed by atoms with Crippen LogP contribution in [0.3, 0.4) is 0 Å². The van der Waals surface area contributed by atoms with Crippen LogP contribution in [0, 0.1) is 0 Å². The van der Waals surface area contributed by atoms with E-state index >= 15 is 0 Å². The van der Waals surface area contributed by atoms with E-state index < -0.39 is 0 Å². The van der Waals surface area contributed by atoms with Crippen molar-refractivity contribution >= 4 is 11.8 Å². The van der Waals surface area contributed by atoms with Crippen LogP contribution in [-0.2, 0) is 4.79 Å². The molecule has 6 nitrogen and oxygen atoms in total. The number of carbonyl (C=O) groups excluding carboxylic acids is 2. The average Bonchev–Trinajstić information content (AvgIpc) is 2.37. The summed E-state index contributed by atoms with van der Waals surface area (Å²) in [6.07, 6.45) is 0. The van der Waals surface area contributed by atoms with E-state index in [4.69, 9.17) is 4.74 Å². The van der Waals surface area contributed by atoms with Gasteiger partial charge >= 0.3 is 0 Å². The van der Waals surface area contributed by atoms with Crippen LogP contribution >= 0.6 is 0 Å². The lowest BCUT2D eigenvalue weighted by atomic mass is 10.2. The molecule has 0 radical (unpaired) electrons. The van der Waals surface area contributed by atoms with Gasteiger partial charge in [-0.2, -0.15) is 0 Å². The smallest absolute Gasteiger partial charge is 0.254 e. The quantitative estimate of drug-likeness (QED) is 0.803. The summed E-state index contributed by atoms with van der Waals surface area (Å²) < 4.78 is 4.88. The van der Waals surface area contributed by atoms with Crippen LogP contribution in [0.25, 0.3) is 0 Å². The Balaban J connectivity index is 2.84. The topological polar surface area (TPSA) is 78.9 Å². The second-order valence-corrected chi connectivity index (χ2v) is 3.72. The number of carbonyl (C=O) groups is 2. The molecule has 0 saturated heterocycles. The van der Waals surface area contributed by atoms with Gasteiger partial charge in [0.2, 0.25) is 5.91 Å². The Morgan fingerprint density at radius 2 is 2.11 bits per heavy atom. The van der Waals surface area contributed by atoms with Crippen LogP contribution in [0.15, 0.2) is 18.2 Å². The van der Waals surface area contributed by atoms with E-state index in [1.807, 2.05) is 0 Å². The number of likely N-dealkylation sites (N-methyl/N-ethyl adjacent to an activating group) is 2. The first-order chi connectivity index (χ1) is 8.49. The highest BCUT2D eigenvalue weighted by atomic mass is 16.5.